The van der Waals surface area contributed by atoms with Crippen molar-refractivity contribution in [3.8, 4) is 0 Å². The van der Waals surface area contributed by atoms with E-state index in [2.05, 4.69) is 54.8 Å². The van der Waals surface area contributed by atoms with Gasteiger partial charge in [0, 0.05) is 32.6 Å². The molecule has 2 rings (SSSR count). The van der Waals surface area contributed by atoms with Gasteiger partial charge in [-0.05, 0) is 45.5 Å². The number of nitrogens with zero attached hydrogens (tertiary/aromatic N) is 1. The van der Waals surface area contributed by atoms with E-state index in [0.29, 0.717) is 19.1 Å². The quantitative estimate of drug-likeness (QED) is 0.124. The molecule has 0 aromatic heterocycles. The van der Waals surface area contributed by atoms with Crippen LogP contribution in [0.2, 0.25) is 0 Å². The zero-order chi connectivity index (χ0) is 48.6. The molecule has 7 N–H and O–H groups in total. The van der Waals surface area contributed by atoms with Crippen LogP contribution in [0.1, 0.15) is 33.1 Å². The fourth-order valence-electron chi connectivity index (χ4n) is 2.23. The molecule has 0 saturated heterocycles. The highest BCUT2D eigenvalue weighted by atomic mass is 35.6. The molecule has 0 radical (unpaired) electrons. The number of halogens is 3. The molecular weight excluding hydrogens is 905 g/mol. The normalized spacial score (nSPS) is 10.4. The average Bonchev–Trinajstić information content (AvgIpc) is 4.04. The van der Waals surface area contributed by atoms with Crippen LogP contribution >= 0.6 is 34.8 Å². The lowest BCUT2D eigenvalue weighted by Gasteiger charge is -2.08. The topological polar surface area (TPSA) is 325 Å². The molecule has 61 heavy (non-hydrogen) atoms. The summed E-state index contributed by atoms with van der Waals surface area (Å²) in [6, 6.07) is 7.97. The van der Waals surface area contributed by atoms with Gasteiger partial charge in [0.1, 0.15) is 0 Å². The highest BCUT2D eigenvalue weighted by Crippen LogP contribution is 2.25. The maximum Gasteiger partial charge on any atom is 0.420 e. The number of hydrogen-bond acceptors (Lipinski definition) is 18. The zero-order valence-electron chi connectivity index (χ0n) is 35.7. The predicted molar refractivity (Wildman–Crippen MR) is 223 cm³/mol. The smallest absolute Gasteiger partial charge is 0.420 e. The maximum absolute atomic E-state index is 11.4. The number of rotatable bonds is 8. The molecule has 0 unspecified atom stereocenters. The third kappa shape index (κ3) is 50.8. The Morgan fingerprint density at radius 1 is 0.705 bits per heavy atom. The number of alkyl carbamates (subject to hydrolysis) is 4. The highest BCUT2D eigenvalue weighted by Gasteiger charge is 2.32. The first-order valence-electron chi connectivity index (χ1n) is 16.9. The number of sulfonamides is 1. The average molecular weight is 963 g/mol. The number of methoxy groups -OCH3 is 7. The van der Waals surface area contributed by atoms with Crippen molar-refractivity contribution in [1.29, 1.82) is 0 Å². The van der Waals surface area contributed by atoms with Crippen LogP contribution in [0.15, 0.2) is 35.2 Å². The van der Waals surface area contributed by atoms with Gasteiger partial charge in [-0.2, -0.15) is 0 Å². The van der Waals surface area contributed by atoms with Crippen molar-refractivity contribution >= 4 is 93.3 Å². The second-order valence-corrected chi connectivity index (χ2v) is 14.6. The molecule has 1 fully saturated rings. The molecular formula is C33H58Cl3N7O17S. The van der Waals surface area contributed by atoms with Gasteiger partial charge in [0.05, 0.1) is 54.7 Å². The highest BCUT2D eigenvalue weighted by molar-refractivity contribution is 7.90. The summed E-state index contributed by atoms with van der Waals surface area (Å²) in [6.07, 6.45) is -0.611. The van der Waals surface area contributed by atoms with E-state index in [1.807, 2.05) is 25.9 Å². The van der Waals surface area contributed by atoms with Crippen LogP contribution in [0.3, 0.4) is 0 Å². The fourth-order valence-corrected chi connectivity index (χ4v) is 3.31. The van der Waals surface area contributed by atoms with Crippen LogP contribution in [0.5, 0.6) is 0 Å². The minimum atomic E-state index is -3.80. The fraction of sp³-hybridized carbons (Fsp3) is 0.576. The Bertz CT molecular complexity index is 1510. The molecule has 0 bridgehead atoms. The number of carbonyl (C=O) groups is 8. The minimum Gasteiger partial charge on any atom is -0.469 e. The summed E-state index contributed by atoms with van der Waals surface area (Å²) in [4.78, 5) is 83.6. The third-order valence-electron chi connectivity index (χ3n) is 5.41. The Labute approximate surface area is 370 Å². The molecule has 1 aliphatic carbocycles. The Balaban J connectivity index is -0.000000205. The SMILES string of the molecule is CCCNC(=O)OC.COC(=O)NC(=O)C(Cl)(Cl)Cl.COC(=O)NC1CC1.COC(=O)NCCN(C)C.COC(=O)NS(=O)(=O)c1ccccc1.COC(C)=O.COC(N)=O. The van der Waals surface area contributed by atoms with Gasteiger partial charge in [-0.25, -0.2) is 41.9 Å². The van der Waals surface area contributed by atoms with E-state index in [9.17, 15) is 46.8 Å². The van der Waals surface area contributed by atoms with E-state index in [-0.39, 0.29) is 29.1 Å². The maximum atomic E-state index is 11.4. The van der Waals surface area contributed by atoms with Crippen molar-refractivity contribution in [2.75, 3.05) is 83.5 Å². The van der Waals surface area contributed by atoms with Gasteiger partial charge in [0.15, 0.2) is 0 Å². The second kappa shape index (κ2) is 40.2. The summed E-state index contributed by atoms with van der Waals surface area (Å²) < 4.78 is 51.6. The minimum absolute atomic E-state index is 0.0189. The Hall–Kier alpha value is -5.24. The molecule has 354 valence electrons. The monoisotopic (exact) mass is 961 g/mol. The number of esters is 1. The van der Waals surface area contributed by atoms with Crippen molar-refractivity contribution in [1.82, 2.24) is 30.9 Å². The first-order chi connectivity index (χ1) is 28.3. The number of benzene rings is 1. The van der Waals surface area contributed by atoms with Crippen LogP contribution in [-0.2, 0) is 52.8 Å². The second-order valence-electron chi connectivity index (χ2n) is 10.6. The van der Waals surface area contributed by atoms with Crippen molar-refractivity contribution in [2.24, 2.45) is 5.73 Å². The number of primary amides is 1. The summed E-state index contributed by atoms with van der Waals surface area (Å²) in [5.74, 6) is -1.29. The van der Waals surface area contributed by atoms with Gasteiger partial charge >= 0.3 is 42.5 Å². The largest absolute Gasteiger partial charge is 0.469 e. The third-order valence-corrected chi connectivity index (χ3v) is 7.25. The summed E-state index contributed by atoms with van der Waals surface area (Å²) in [6.45, 7) is 5.48. The molecule has 1 aromatic carbocycles. The Morgan fingerprint density at radius 3 is 1.43 bits per heavy atom. The number of alkyl halides is 3. The van der Waals surface area contributed by atoms with Crippen molar-refractivity contribution < 1.29 is 79.9 Å². The molecule has 1 aromatic rings. The zero-order valence-corrected chi connectivity index (χ0v) is 38.8. The lowest BCUT2D eigenvalue weighted by Crippen LogP contribution is -2.38. The van der Waals surface area contributed by atoms with E-state index in [4.69, 9.17) is 34.8 Å². The van der Waals surface area contributed by atoms with Crippen LogP contribution < -0.4 is 31.7 Å². The number of imide groups is 1. The van der Waals surface area contributed by atoms with Crippen LogP contribution in [0.4, 0.5) is 28.8 Å². The summed E-state index contributed by atoms with van der Waals surface area (Å²) >= 11 is 15.3. The number of likely N-dealkylation sites (N-methyl/N-ethyl adjacent to an activating group) is 1. The number of hydrogen-bond donors (Lipinski definition) is 6. The van der Waals surface area contributed by atoms with Gasteiger partial charge < -0.3 is 59.7 Å². The van der Waals surface area contributed by atoms with E-state index in [0.717, 1.165) is 40.0 Å². The molecule has 0 heterocycles. The Kier molecular flexibility index (Phi) is 42.7. The molecule has 7 amide bonds. The molecule has 0 spiro atoms. The van der Waals surface area contributed by atoms with Crippen LogP contribution in [-0.4, -0.2) is 155 Å². The van der Waals surface area contributed by atoms with E-state index in [1.165, 1.54) is 54.6 Å². The van der Waals surface area contributed by atoms with Crippen LogP contribution in [0.25, 0.3) is 0 Å². The number of nitrogens with two attached hydrogens (primary N) is 1. The van der Waals surface area contributed by atoms with Crippen molar-refractivity contribution in [2.45, 2.75) is 47.8 Å². The number of ether oxygens (including phenoxy) is 7. The summed E-state index contributed by atoms with van der Waals surface area (Å²) in [7, 11) is 8.92. The molecule has 0 aliphatic heterocycles. The number of nitrogens with one attached hydrogen (secondary N) is 5. The summed E-state index contributed by atoms with van der Waals surface area (Å²) in [5.41, 5.74) is 4.43. The van der Waals surface area contributed by atoms with Gasteiger partial charge in [0.2, 0.25) is 0 Å². The van der Waals surface area contributed by atoms with Crippen molar-refractivity contribution in [3.63, 3.8) is 0 Å². The van der Waals surface area contributed by atoms with Gasteiger partial charge in [-0.15, -0.1) is 0 Å². The van der Waals surface area contributed by atoms with Gasteiger partial charge in [-0.1, -0.05) is 59.9 Å². The molecule has 1 saturated carbocycles. The lowest BCUT2D eigenvalue weighted by atomic mass is 10.4. The van der Waals surface area contributed by atoms with E-state index < -0.39 is 38.0 Å². The van der Waals surface area contributed by atoms with E-state index >= 15 is 0 Å². The van der Waals surface area contributed by atoms with Gasteiger partial charge in [-0.3, -0.25) is 14.9 Å². The molecule has 24 nitrogen and oxygen atoms in total. The summed E-state index contributed by atoms with van der Waals surface area (Å²) in [5, 5.41) is 9.40. The molecule has 28 heteroatoms. The first kappa shape index (κ1) is 64.9. The number of amides is 7. The molecule has 1 aliphatic rings. The van der Waals surface area contributed by atoms with Crippen LogP contribution in [0, 0.1) is 0 Å². The molecule has 0 atom stereocenters. The van der Waals surface area contributed by atoms with E-state index in [1.54, 1.807) is 28.2 Å². The van der Waals surface area contributed by atoms with Gasteiger partial charge in [0.25, 0.3) is 19.7 Å². The number of carbonyl (C=O) groups excluding carboxylic acids is 8. The first-order valence-corrected chi connectivity index (χ1v) is 19.5. The standard InChI is InChI=1S/C8H9NO4S.C6H14N2O2.C5H9NO2.C5H11NO2.C4H4Cl3NO3.C3H6O2.C2H5NO2/c1-13-8(10)9-14(11,12)7-5-3-2-4-6-7;1-8(2)5-4-7-6(9)10-3;1-8-5(7)6-4-2-3-4;1-3-4-6-5(7)8-2;1-11-3(10)8-2(9)4(5,6)7;1-3(4)5-2;1-5-2(3)4/h2-6H,1H3,(H,9,10);4-5H2,1-3H3,(H,7,9);4H,2-3H2,1H3,(H,6,7);3-4H2,1-2H3,(H,6,7);1H3,(H,8,9,10);1-2H3;1H3,(H2,3,4). The lowest BCUT2D eigenvalue weighted by molar-refractivity contribution is -0.138. The predicted octanol–water partition coefficient (Wildman–Crippen LogP) is 3.02. The Morgan fingerprint density at radius 2 is 1.11 bits per heavy atom. The van der Waals surface area contributed by atoms with Crippen molar-refractivity contribution in [3.05, 3.63) is 30.3 Å².